The number of nitrogens with zero attached hydrogens (tertiary/aromatic N) is 1. The van der Waals surface area contributed by atoms with Crippen LogP contribution >= 0.6 is 11.3 Å². The van der Waals surface area contributed by atoms with Crippen molar-refractivity contribution in [1.29, 1.82) is 0 Å². The molecule has 0 saturated carbocycles. The van der Waals surface area contributed by atoms with Gasteiger partial charge < -0.3 is 0 Å². The summed E-state index contributed by atoms with van der Waals surface area (Å²) in [5.41, 5.74) is 6.73. The summed E-state index contributed by atoms with van der Waals surface area (Å²) in [6, 6.07) is 31.5. The van der Waals surface area contributed by atoms with Gasteiger partial charge in [0.2, 0.25) is 0 Å². The molecule has 0 atom stereocenters. The van der Waals surface area contributed by atoms with Gasteiger partial charge in [-0.3, -0.25) is 4.98 Å². The predicted molar refractivity (Wildman–Crippen MR) is 108 cm³/mol. The molecule has 0 N–H and O–H groups in total. The quantitative estimate of drug-likeness (QED) is 0.392. The van der Waals surface area contributed by atoms with Gasteiger partial charge in [0.1, 0.15) is 0 Å². The molecule has 4 rings (SSSR count). The van der Waals surface area contributed by atoms with Crippen LogP contribution in [0.3, 0.4) is 0 Å². The first-order valence-corrected chi connectivity index (χ1v) is 9.07. The Labute approximate surface area is 153 Å². The summed E-state index contributed by atoms with van der Waals surface area (Å²) < 4.78 is 0. The van der Waals surface area contributed by atoms with E-state index in [1.807, 2.05) is 11.4 Å². The average molecular weight is 341 g/mol. The highest BCUT2D eigenvalue weighted by atomic mass is 32.1. The van der Waals surface area contributed by atoms with E-state index in [1.165, 1.54) is 22.3 Å². The van der Waals surface area contributed by atoms with Crippen molar-refractivity contribution in [2.45, 2.75) is 0 Å². The third-order valence-electron chi connectivity index (χ3n) is 3.63. The van der Waals surface area contributed by atoms with Crippen molar-refractivity contribution in [1.82, 2.24) is 4.98 Å². The Morgan fingerprint density at radius 1 is 0.680 bits per heavy atom. The molecule has 4 aromatic rings. The molecule has 0 radical (unpaired) electrons. The van der Waals surface area contributed by atoms with Gasteiger partial charge in [-0.15, -0.1) is 11.3 Å². The molecule has 3 aromatic carbocycles. The second kappa shape index (κ2) is 9.36. The zero-order valence-corrected chi connectivity index (χ0v) is 14.6. The Morgan fingerprint density at radius 3 is 1.60 bits per heavy atom. The van der Waals surface area contributed by atoms with Crippen molar-refractivity contribution in [3.05, 3.63) is 125 Å². The minimum atomic E-state index is 1.22. The Morgan fingerprint density at radius 2 is 1.20 bits per heavy atom. The molecule has 0 spiro atoms. The molecule has 1 aromatic heterocycles. The molecule has 0 aliphatic heterocycles. The van der Waals surface area contributed by atoms with Gasteiger partial charge in [-0.1, -0.05) is 91.0 Å². The van der Waals surface area contributed by atoms with Crippen LogP contribution in [0.4, 0.5) is 0 Å². The molecule has 0 aliphatic carbocycles. The van der Waals surface area contributed by atoms with E-state index in [4.69, 9.17) is 0 Å². The third-order valence-corrected chi connectivity index (χ3v) is 4.15. The summed E-state index contributed by atoms with van der Waals surface area (Å²) in [5.74, 6) is 0. The summed E-state index contributed by atoms with van der Waals surface area (Å²) in [7, 11) is 0. The fraction of sp³-hybridized carbons (Fsp3) is 0. The number of rotatable bonds is 3. The molecule has 1 heterocycles. The topological polar surface area (TPSA) is 12.9 Å². The van der Waals surface area contributed by atoms with Crippen molar-refractivity contribution in [3.8, 4) is 0 Å². The van der Waals surface area contributed by atoms with Crippen LogP contribution in [0.15, 0.2) is 108 Å². The number of aromatic nitrogens is 1. The van der Waals surface area contributed by atoms with Gasteiger partial charge in [-0.2, -0.15) is 0 Å². The second-order valence-electron chi connectivity index (χ2n) is 5.38. The van der Waals surface area contributed by atoms with Crippen LogP contribution < -0.4 is 0 Å². The van der Waals surface area contributed by atoms with Gasteiger partial charge in [0.15, 0.2) is 0 Å². The van der Waals surface area contributed by atoms with Crippen LogP contribution in [0, 0.1) is 0 Å². The monoisotopic (exact) mass is 341 g/mol. The van der Waals surface area contributed by atoms with E-state index in [9.17, 15) is 0 Å². The van der Waals surface area contributed by atoms with Crippen LogP contribution in [-0.2, 0) is 0 Å². The lowest BCUT2D eigenvalue weighted by Gasteiger charge is -2.08. The molecule has 2 heteroatoms. The molecule has 122 valence electrons. The van der Waals surface area contributed by atoms with E-state index >= 15 is 0 Å². The first kappa shape index (κ1) is 16.9. The van der Waals surface area contributed by atoms with Gasteiger partial charge in [0.25, 0.3) is 0 Å². The van der Waals surface area contributed by atoms with Gasteiger partial charge >= 0.3 is 0 Å². The maximum absolute atomic E-state index is 3.74. The zero-order chi connectivity index (χ0) is 17.2. The fourth-order valence-corrected chi connectivity index (χ4v) is 2.81. The minimum Gasteiger partial charge on any atom is -0.253 e. The first-order chi connectivity index (χ1) is 12.4. The highest BCUT2D eigenvalue weighted by Crippen LogP contribution is 2.25. The second-order valence-corrected chi connectivity index (χ2v) is 6.13. The molecule has 0 aliphatic rings. The number of benzene rings is 3. The minimum absolute atomic E-state index is 1.22. The maximum Gasteiger partial charge on any atom is 0.0791 e. The number of thiazole rings is 1. The highest BCUT2D eigenvalue weighted by Gasteiger charge is 2.04. The lowest BCUT2D eigenvalue weighted by molar-refractivity contribution is 1.43. The molecular formula is C23H19NS. The smallest absolute Gasteiger partial charge is 0.0791 e. The van der Waals surface area contributed by atoms with Crippen molar-refractivity contribution >= 4 is 23.0 Å². The van der Waals surface area contributed by atoms with Gasteiger partial charge in [0.05, 0.1) is 5.51 Å². The zero-order valence-electron chi connectivity index (χ0n) is 13.8. The van der Waals surface area contributed by atoms with Gasteiger partial charge in [-0.25, -0.2) is 0 Å². The number of hydrogen-bond acceptors (Lipinski definition) is 2. The standard InChI is InChI=1S/C20H16.C3H3NS/c1-4-10-17(11-5-1)16-20(18-12-6-2-7-13-18)19-14-8-3-9-15-19;1-2-5-3-4-1/h1-16H;1-3H. The van der Waals surface area contributed by atoms with E-state index in [0.717, 1.165) is 0 Å². The molecule has 0 saturated heterocycles. The van der Waals surface area contributed by atoms with Gasteiger partial charge in [-0.05, 0) is 28.3 Å². The van der Waals surface area contributed by atoms with Crippen LogP contribution in [0.2, 0.25) is 0 Å². The Kier molecular flexibility index (Phi) is 6.31. The predicted octanol–water partition coefficient (Wildman–Crippen LogP) is 6.42. The maximum atomic E-state index is 3.74. The summed E-state index contributed by atoms with van der Waals surface area (Å²) in [5, 5.41) is 1.93. The molecule has 0 fully saturated rings. The van der Waals surface area contributed by atoms with E-state index < -0.39 is 0 Å². The van der Waals surface area contributed by atoms with E-state index in [1.54, 1.807) is 23.0 Å². The lowest BCUT2D eigenvalue weighted by Crippen LogP contribution is -1.87. The van der Waals surface area contributed by atoms with Crippen molar-refractivity contribution in [3.63, 3.8) is 0 Å². The molecule has 0 amide bonds. The average Bonchev–Trinajstić information content (AvgIpc) is 3.28. The number of hydrogen-bond donors (Lipinski definition) is 0. The summed E-state index contributed by atoms with van der Waals surface area (Å²) >= 11 is 1.60. The summed E-state index contributed by atoms with van der Waals surface area (Å²) in [4.78, 5) is 3.74. The van der Waals surface area contributed by atoms with Crippen LogP contribution in [-0.4, -0.2) is 4.98 Å². The van der Waals surface area contributed by atoms with Crippen molar-refractivity contribution < 1.29 is 0 Å². The fourth-order valence-electron chi connectivity index (χ4n) is 2.46. The Bertz CT molecular complexity index is 809. The molecule has 1 nitrogen and oxygen atoms in total. The van der Waals surface area contributed by atoms with E-state index in [-0.39, 0.29) is 0 Å². The van der Waals surface area contributed by atoms with Crippen LogP contribution in [0.25, 0.3) is 11.6 Å². The summed E-state index contributed by atoms with van der Waals surface area (Å²) in [6.07, 6.45) is 4.01. The molecule has 25 heavy (non-hydrogen) atoms. The molecular weight excluding hydrogens is 322 g/mol. The molecule has 0 unspecified atom stereocenters. The largest absolute Gasteiger partial charge is 0.253 e. The highest BCUT2D eigenvalue weighted by molar-refractivity contribution is 7.07. The SMILES string of the molecule is C(=C(c1ccccc1)c1ccccc1)c1ccccc1.c1cscn1. The van der Waals surface area contributed by atoms with E-state index in [2.05, 4.69) is 96.0 Å². The van der Waals surface area contributed by atoms with Crippen molar-refractivity contribution in [2.24, 2.45) is 0 Å². The normalized spacial score (nSPS) is 9.60. The summed E-state index contributed by atoms with van der Waals surface area (Å²) in [6.45, 7) is 0. The van der Waals surface area contributed by atoms with Crippen LogP contribution in [0.5, 0.6) is 0 Å². The Hall–Kier alpha value is -2.97. The van der Waals surface area contributed by atoms with Crippen molar-refractivity contribution in [2.75, 3.05) is 0 Å². The first-order valence-electron chi connectivity index (χ1n) is 8.13. The van der Waals surface area contributed by atoms with E-state index in [0.29, 0.717) is 0 Å². The Balaban J connectivity index is 0.000000314. The van der Waals surface area contributed by atoms with Crippen LogP contribution in [0.1, 0.15) is 16.7 Å². The lowest BCUT2D eigenvalue weighted by atomic mass is 9.96. The third kappa shape index (κ3) is 5.27. The van der Waals surface area contributed by atoms with Gasteiger partial charge in [0, 0.05) is 11.6 Å². The molecule has 0 bridgehead atoms.